The van der Waals surface area contributed by atoms with Crippen LogP contribution in [0.1, 0.15) is 25.0 Å². The van der Waals surface area contributed by atoms with E-state index < -0.39 is 47.6 Å². The monoisotopic (exact) mass is 656 g/mol. The molecule has 0 radical (unpaired) electrons. The van der Waals surface area contributed by atoms with Crippen molar-refractivity contribution in [1.82, 2.24) is 20.2 Å². The molecule has 1 aromatic carbocycles. The number of aromatic nitrogens is 2. The molecule has 246 valence electrons. The maximum Gasteiger partial charge on any atom is 0.573 e. The van der Waals surface area contributed by atoms with E-state index in [1.807, 2.05) is 0 Å². The molecule has 0 saturated carbocycles. The maximum absolute atomic E-state index is 13.4. The molecule has 2 aromatic heterocycles. The number of aliphatic carboxylic acids is 1. The van der Waals surface area contributed by atoms with Crippen molar-refractivity contribution in [2.75, 3.05) is 16.8 Å². The smallest absolute Gasteiger partial charge is 0.475 e. The van der Waals surface area contributed by atoms with Gasteiger partial charge in [0.25, 0.3) is 5.91 Å². The van der Waals surface area contributed by atoms with E-state index in [2.05, 4.69) is 25.3 Å². The topological polar surface area (TPSA) is 154 Å². The van der Waals surface area contributed by atoms with Crippen LogP contribution >= 0.6 is 0 Å². The summed E-state index contributed by atoms with van der Waals surface area (Å²) in [7, 11) is 0. The van der Waals surface area contributed by atoms with Crippen molar-refractivity contribution < 1.29 is 55.4 Å². The van der Waals surface area contributed by atoms with Crippen molar-refractivity contribution in [2.24, 2.45) is 0 Å². The average molecular weight is 657 g/mol. The SMILES string of the molecule is CC1(C)C(=O)N(c2ccc(OC(F)(F)F)c(NC(=O)CNCc3cccnc3)c2)C(=O)N1Cc1ccncc1.O=C(O)C(F)(F)F. The number of hydrogen-bond donors (Lipinski definition) is 3. The molecule has 46 heavy (non-hydrogen) atoms. The van der Waals surface area contributed by atoms with Crippen LogP contribution < -0.4 is 20.3 Å². The standard InChI is InChI=1S/C26H25F3N6O4.C2HF3O2/c1-25(2)23(37)35(24(38)34(25)16-17-7-10-30-11-8-17)19-5-6-21(39-26(27,28)29)20(12-19)33-22(36)15-32-14-18-4-3-9-31-13-18;3-2(4,5)1(6)7/h3-13,32H,14-16H2,1-2H3,(H,33,36);(H,6,7). The van der Waals surface area contributed by atoms with Crippen molar-refractivity contribution in [3.05, 3.63) is 78.4 Å². The van der Waals surface area contributed by atoms with Crippen LogP contribution in [0.2, 0.25) is 0 Å². The molecule has 0 unspecified atom stereocenters. The molecule has 3 heterocycles. The van der Waals surface area contributed by atoms with Gasteiger partial charge in [-0.15, -0.1) is 13.2 Å². The summed E-state index contributed by atoms with van der Waals surface area (Å²) in [5.41, 5.74) is -0.0891. The van der Waals surface area contributed by atoms with Gasteiger partial charge >= 0.3 is 24.5 Å². The van der Waals surface area contributed by atoms with Crippen LogP contribution in [0.3, 0.4) is 0 Å². The summed E-state index contributed by atoms with van der Waals surface area (Å²) in [6, 6.07) is 9.46. The fraction of sp³-hybridized carbons (Fsp3) is 0.286. The second kappa shape index (κ2) is 14.2. The third-order valence-electron chi connectivity index (χ3n) is 6.21. The van der Waals surface area contributed by atoms with Crippen LogP contribution in [-0.4, -0.2) is 68.4 Å². The fourth-order valence-corrected chi connectivity index (χ4v) is 3.99. The number of ether oxygens (including phenoxy) is 1. The number of hydrogen-bond acceptors (Lipinski definition) is 8. The van der Waals surface area contributed by atoms with Gasteiger partial charge in [-0.25, -0.2) is 14.5 Å². The van der Waals surface area contributed by atoms with Crippen LogP contribution in [0, 0.1) is 0 Å². The molecule has 4 amide bonds. The lowest BCUT2D eigenvalue weighted by molar-refractivity contribution is -0.274. The Bertz CT molecular complexity index is 1550. The zero-order valence-electron chi connectivity index (χ0n) is 24.0. The van der Waals surface area contributed by atoms with E-state index in [0.717, 1.165) is 34.2 Å². The third-order valence-corrected chi connectivity index (χ3v) is 6.21. The van der Waals surface area contributed by atoms with Crippen molar-refractivity contribution in [1.29, 1.82) is 0 Å². The lowest BCUT2D eigenvalue weighted by Gasteiger charge is -2.27. The number of carbonyl (C=O) groups excluding carboxylic acids is 3. The molecule has 1 fully saturated rings. The van der Waals surface area contributed by atoms with E-state index >= 15 is 0 Å². The van der Waals surface area contributed by atoms with Gasteiger partial charge in [0.05, 0.1) is 17.9 Å². The Morgan fingerprint density at radius 3 is 2.17 bits per heavy atom. The van der Waals surface area contributed by atoms with E-state index in [1.165, 1.54) is 4.90 Å². The normalized spacial score (nSPS) is 14.4. The van der Waals surface area contributed by atoms with Gasteiger partial charge in [-0.1, -0.05) is 6.07 Å². The minimum Gasteiger partial charge on any atom is -0.475 e. The molecule has 1 saturated heterocycles. The van der Waals surface area contributed by atoms with E-state index in [4.69, 9.17) is 9.90 Å². The Hall–Kier alpha value is -5.26. The van der Waals surface area contributed by atoms with Crippen molar-refractivity contribution >= 4 is 35.2 Å². The molecule has 1 aliphatic rings. The summed E-state index contributed by atoms with van der Waals surface area (Å²) in [6.45, 7) is 3.32. The van der Waals surface area contributed by atoms with E-state index in [0.29, 0.717) is 6.54 Å². The van der Waals surface area contributed by atoms with Gasteiger partial charge in [0.15, 0.2) is 5.75 Å². The third kappa shape index (κ3) is 9.37. The van der Waals surface area contributed by atoms with Gasteiger partial charge in [-0.3, -0.25) is 19.6 Å². The Labute approximate surface area is 257 Å². The van der Waals surface area contributed by atoms with Crippen molar-refractivity contribution in [3.63, 3.8) is 0 Å². The number of carboxylic acids is 1. The fourth-order valence-electron chi connectivity index (χ4n) is 3.99. The van der Waals surface area contributed by atoms with E-state index in [1.54, 1.807) is 62.9 Å². The summed E-state index contributed by atoms with van der Waals surface area (Å²) >= 11 is 0. The van der Waals surface area contributed by atoms with Gasteiger partial charge < -0.3 is 25.4 Å². The quantitative estimate of drug-likeness (QED) is 0.223. The number of carbonyl (C=O) groups is 4. The Morgan fingerprint density at radius 1 is 0.957 bits per heavy atom. The highest BCUT2D eigenvalue weighted by molar-refractivity contribution is 6.23. The molecule has 0 bridgehead atoms. The van der Waals surface area contributed by atoms with Gasteiger partial charge in [0.2, 0.25) is 5.91 Å². The summed E-state index contributed by atoms with van der Waals surface area (Å²) < 4.78 is 75.0. The highest BCUT2D eigenvalue weighted by Gasteiger charge is 2.52. The van der Waals surface area contributed by atoms with E-state index in [-0.39, 0.29) is 24.5 Å². The molecule has 3 N–H and O–H groups in total. The van der Waals surface area contributed by atoms with Crippen LogP contribution in [-0.2, 0) is 27.5 Å². The van der Waals surface area contributed by atoms with Gasteiger partial charge in [-0.2, -0.15) is 13.2 Å². The lowest BCUT2D eigenvalue weighted by atomic mass is 10.0. The Kier molecular flexibility index (Phi) is 10.9. The highest BCUT2D eigenvalue weighted by atomic mass is 19.4. The number of rotatable bonds is 9. The second-order valence-electron chi connectivity index (χ2n) is 9.97. The molecule has 0 spiro atoms. The molecule has 12 nitrogen and oxygen atoms in total. The maximum atomic E-state index is 13.4. The Morgan fingerprint density at radius 2 is 1.61 bits per heavy atom. The number of alkyl halides is 6. The van der Waals surface area contributed by atoms with Gasteiger partial charge in [0.1, 0.15) is 5.54 Å². The molecule has 18 heteroatoms. The first-order valence-corrected chi connectivity index (χ1v) is 13.0. The number of pyridine rings is 2. The first-order valence-electron chi connectivity index (χ1n) is 13.0. The highest BCUT2D eigenvalue weighted by Crippen LogP contribution is 2.38. The predicted molar refractivity (Wildman–Crippen MR) is 148 cm³/mol. The summed E-state index contributed by atoms with van der Waals surface area (Å²) in [4.78, 5) is 58.2. The van der Waals surface area contributed by atoms with E-state index in [9.17, 15) is 40.7 Å². The number of carboxylic acid groups (broad SMARTS) is 1. The van der Waals surface area contributed by atoms with Crippen LogP contribution in [0.5, 0.6) is 5.75 Å². The number of imide groups is 1. The van der Waals surface area contributed by atoms with Crippen LogP contribution in [0.25, 0.3) is 0 Å². The number of nitrogens with one attached hydrogen (secondary N) is 2. The zero-order chi connectivity index (χ0) is 34.3. The van der Waals surface area contributed by atoms with Crippen molar-refractivity contribution in [3.8, 4) is 5.75 Å². The van der Waals surface area contributed by atoms with Gasteiger partial charge in [0, 0.05) is 37.9 Å². The molecule has 4 rings (SSSR count). The number of anilines is 2. The van der Waals surface area contributed by atoms with Crippen molar-refractivity contribution in [2.45, 2.75) is 45.0 Å². The first kappa shape index (κ1) is 35.2. The largest absolute Gasteiger partial charge is 0.573 e. The van der Waals surface area contributed by atoms with Crippen LogP contribution in [0.15, 0.2) is 67.3 Å². The molecule has 0 aliphatic carbocycles. The average Bonchev–Trinajstić information content (AvgIpc) is 3.13. The number of benzene rings is 1. The second-order valence-corrected chi connectivity index (χ2v) is 9.97. The zero-order valence-corrected chi connectivity index (χ0v) is 24.0. The number of amides is 4. The summed E-state index contributed by atoms with van der Waals surface area (Å²) in [5, 5.41) is 12.4. The Balaban J connectivity index is 0.000000738. The summed E-state index contributed by atoms with van der Waals surface area (Å²) in [5.74, 6) is -4.70. The minimum atomic E-state index is -5.08. The molecule has 3 aromatic rings. The van der Waals surface area contributed by atoms with Crippen LogP contribution in [0.4, 0.5) is 42.5 Å². The predicted octanol–water partition coefficient (Wildman–Crippen LogP) is 4.48. The minimum absolute atomic E-state index is 0.0246. The number of urea groups is 1. The number of nitrogens with zero attached hydrogens (tertiary/aromatic N) is 4. The lowest BCUT2D eigenvalue weighted by Crippen LogP contribution is -2.43. The first-order chi connectivity index (χ1) is 21.4. The number of halogens is 6. The molecule has 1 aliphatic heterocycles. The van der Waals surface area contributed by atoms with Gasteiger partial charge in [-0.05, 0) is 61.4 Å². The molecular formula is C28H26F6N6O6. The molecule has 0 atom stereocenters. The summed E-state index contributed by atoms with van der Waals surface area (Å²) in [6.07, 6.45) is -3.80. The molecular weight excluding hydrogens is 630 g/mol.